The van der Waals surface area contributed by atoms with Crippen LogP contribution in [-0.2, 0) is 38.1 Å². The molecule has 3 saturated heterocycles. The summed E-state index contributed by atoms with van der Waals surface area (Å²) in [4.78, 5) is 61.3. The second-order valence-electron chi connectivity index (χ2n) is 16.3. The highest BCUT2D eigenvalue weighted by atomic mass is 19.1. The number of esters is 1. The zero-order chi connectivity index (χ0) is 42.0. The molecular weight excluding hydrogens is 743 g/mol. The van der Waals surface area contributed by atoms with E-state index in [1.165, 1.54) is 13.8 Å². The van der Waals surface area contributed by atoms with Crippen LogP contribution in [0.15, 0.2) is 35.0 Å². The molecule has 0 radical (unpaired) electrons. The Kier molecular flexibility index (Phi) is 13.3. The third kappa shape index (κ3) is 9.08. The standard InChI is InChI=1S/C41H55FN4O11/c1-11-30-41(8)33(44-38(51)56-41)24(4)31(47)22(2)21-39(6,52-18-14-15-26-20-28(45-57-26)27-16-12-13-17-43-27)35(25(5)34(49)40(7,42)37(50)54-30)55-36-32(48)29(46(9)10)19-23(3)53-36/h12-13,16-17,20,22-25,29-30,32-33,35-36,48H,11,18-19,21H2,1-10H3,(H,44,51)/t22-,23-,24+,25+,29+,30+,32-,33-,35-,36+,39+,40+,41-/m1/s1. The van der Waals surface area contributed by atoms with Crippen LogP contribution in [0.3, 0.4) is 0 Å². The van der Waals surface area contributed by atoms with Gasteiger partial charge in [-0.1, -0.05) is 44.8 Å². The van der Waals surface area contributed by atoms with Gasteiger partial charge in [0, 0.05) is 36.1 Å². The van der Waals surface area contributed by atoms with Crippen LogP contribution >= 0.6 is 0 Å². The number of aliphatic hydroxyl groups is 1. The van der Waals surface area contributed by atoms with E-state index in [2.05, 4.69) is 27.3 Å². The highest BCUT2D eigenvalue weighted by molar-refractivity contribution is 6.08. The molecule has 5 heterocycles. The molecule has 0 saturated carbocycles. The zero-order valence-corrected chi connectivity index (χ0v) is 34.2. The highest BCUT2D eigenvalue weighted by Gasteiger charge is 2.59. The Morgan fingerprint density at radius 2 is 1.79 bits per heavy atom. The number of cyclic esters (lactones) is 1. The van der Waals surface area contributed by atoms with E-state index >= 15 is 4.39 Å². The molecule has 2 aromatic heterocycles. The SMILES string of the molecule is CC[C@@H]1OC(=O)[C@@](C)(F)C(=O)[C@H](C)[C@@H](O[C@@H]2O[C@H](C)C[C@H](N(C)C)[C@H]2O)[C@@](C)(OCC#Cc2cc(-c3ccccn3)no2)C[C@@H](C)C(=O)[C@H](C)[C@H]2NC(=O)O[C@]12C. The number of ketones is 2. The summed E-state index contributed by atoms with van der Waals surface area (Å²) >= 11 is 0. The van der Waals surface area contributed by atoms with Crippen molar-refractivity contribution in [3.63, 3.8) is 0 Å². The minimum absolute atomic E-state index is 0.0727. The van der Waals surface area contributed by atoms with Crippen molar-refractivity contribution < 1.29 is 56.9 Å². The fraction of sp³-hybridized carbons (Fsp3) is 0.659. The summed E-state index contributed by atoms with van der Waals surface area (Å²) in [5, 5.41) is 18.2. The summed E-state index contributed by atoms with van der Waals surface area (Å²) in [7, 11) is 3.61. The Bertz CT molecular complexity index is 1850. The van der Waals surface area contributed by atoms with Gasteiger partial charge in [0.1, 0.15) is 30.3 Å². The molecule has 2 N–H and O–H groups in total. The number of amides is 1. The van der Waals surface area contributed by atoms with Crippen LogP contribution < -0.4 is 5.32 Å². The molecule has 312 valence electrons. The molecule has 0 unspecified atom stereocenters. The van der Waals surface area contributed by atoms with Gasteiger partial charge in [0.05, 0.1) is 29.5 Å². The Morgan fingerprint density at radius 1 is 1.07 bits per heavy atom. The molecule has 3 aliphatic rings. The Morgan fingerprint density at radius 3 is 2.44 bits per heavy atom. The van der Waals surface area contributed by atoms with Gasteiger partial charge in [-0.25, -0.2) is 14.0 Å². The van der Waals surface area contributed by atoms with Gasteiger partial charge in [-0.2, -0.15) is 0 Å². The van der Waals surface area contributed by atoms with Gasteiger partial charge >= 0.3 is 12.1 Å². The number of carbonyl (C=O) groups excluding carboxylic acids is 4. The van der Waals surface area contributed by atoms with E-state index in [0.29, 0.717) is 17.8 Å². The van der Waals surface area contributed by atoms with Crippen molar-refractivity contribution in [2.45, 2.75) is 134 Å². The minimum atomic E-state index is -3.22. The van der Waals surface area contributed by atoms with Gasteiger partial charge in [-0.15, -0.1) is 0 Å². The number of aromatic nitrogens is 2. The average molecular weight is 799 g/mol. The molecule has 2 aromatic rings. The second-order valence-corrected chi connectivity index (χ2v) is 16.3. The van der Waals surface area contributed by atoms with Crippen molar-refractivity contribution in [2.24, 2.45) is 17.8 Å². The van der Waals surface area contributed by atoms with E-state index in [1.54, 1.807) is 66.2 Å². The number of hydrogen-bond acceptors (Lipinski definition) is 14. The fourth-order valence-electron chi connectivity index (χ4n) is 8.42. The zero-order valence-electron chi connectivity index (χ0n) is 34.2. The third-order valence-electron chi connectivity index (χ3n) is 11.6. The second kappa shape index (κ2) is 17.3. The van der Waals surface area contributed by atoms with Crippen LogP contribution in [0.1, 0.15) is 80.4 Å². The normalized spacial score (nSPS) is 38.0. The number of ether oxygens (including phenoxy) is 5. The number of pyridine rings is 1. The number of carbonyl (C=O) groups is 4. The number of fused-ring (bicyclic) bond motifs is 1. The first-order chi connectivity index (χ1) is 26.7. The Hall–Kier alpha value is -4.27. The first-order valence-corrected chi connectivity index (χ1v) is 19.4. The monoisotopic (exact) mass is 798 g/mol. The molecule has 0 aromatic carbocycles. The lowest BCUT2D eigenvalue weighted by atomic mass is 9.73. The number of nitrogens with zero attached hydrogens (tertiary/aromatic N) is 3. The van der Waals surface area contributed by atoms with Gasteiger partial charge in [0.25, 0.3) is 5.67 Å². The van der Waals surface area contributed by atoms with E-state index in [-0.39, 0.29) is 31.0 Å². The van der Waals surface area contributed by atoms with Crippen molar-refractivity contribution in [3.8, 4) is 23.2 Å². The number of rotatable bonds is 7. The van der Waals surface area contributed by atoms with Gasteiger partial charge in [-0.05, 0) is 79.1 Å². The molecule has 13 atom stereocenters. The molecule has 15 nitrogen and oxygen atoms in total. The Balaban J connectivity index is 1.57. The van der Waals surface area contributed by atoms with Crippen molar-refractivity contribution >= 4 is 23.6 Å². The maximum Gasteiger partial charge on any atom is 0.408 e. The molecule has 0 spiro atoms. The average Bonchev–Trinajstić information content (AvgIpc) is 3.77. The predicted molar refractivity (Wildman–Crippen MR) is 202 cm³/mol. The van der Waals surface area contributed by atoms with E-state index in [4.69, 9.17) is 28.2 Å². The topological polar surface area (TPSA) is 189 Å². The lowest BCUT2D eigenvalue weighted by molar-refractivity contribution is -0.296. The number of alkyl carbamates (subject to hydrolysis) is 1. The lowest BCUT2D eigenvalue weighted by Gasteiger charge is -2.47. The van der Waals surface area contributed by atoms with Crippen molar-refractivity contribution in [1.29, 1.82) is 0 Å². The maximum absolute atomic E-state index is 16.8. The van der Waals surface area contributed by atoms with Gasteiger partial charge in [0.15, 0.2) is 17.7 Å². The van der Waals surface area contributed by atoms with Crippen LogP contribution in [0.4, 0.5) is 9.18 Å². The summed E-state index contributed by atoms with van der Waals surface area (Å²) in [6.45, 7) is 11.8. The quantitative estimate of drug-likeness (QED) is 0.232. The fourth-order valence-corrected chi connectivity index (χ4v) is 8.42. The molecule has 57 heavy (non-hydrogen) atoms. The van der Waals surface area contributed by atoms with E-state index in [0.717, 1.165) is 6.92 Å². The molecule has 0 bridgehead atoms. The summed E-state index contributed by atoms with van der Waals surface area (Å²) in [5.41, 5.74) is -5.39. The summed E-state index contributed by atoms with van der Waals surface area (Å²) in [6.07, 6.45) is -4.37. The summed E-state index contributed by atoms with van der Waals surface area (Å²) in [5.74, 6) is -0.211. The number of Topliss-reactive ketones (excluding diaryl/α,β-unsaturated/α-hetero) is 2. The van der Waals surface area contributed by atoms with Crippen LogP contribution in [0.2, 0.25) is 0 Å². The third-order valence-corrected chi connectivity index (χ3v) is 11.6. The molecule has 5 rings (SSSR count). The van der Waals surface area contributed by atoms with Gasteiger partial charge < -0.3 is 43.5 Å². The van der Waals surface area contributed by atoms with Crippen LogP contribution in [0, 0.1) is 29.6 Å². The number of alkyl halides is 1. The van der Waals surface area contributed by atoms with Crippen LogP contribution in [-0.4, -0.2) is 124 Å². The largest absolute Gasteiger partial charge is 0.455 e. The smallest absolute Gasteiger partial charge is 0.408 e. The summed E-state index contributed by atoms with van der Waals surface area (Å²) < 4.78 is 52.7. The predicted octanol–water partition coefficient (Wildman–Crippen LogP) is 4.04. The van der Waals surface area contributed by atoms with Crippen molar-refractivity contribution in [3.05, 3.63) is 36.2 Å². The van der Waals surface area contributed by atoms with Gasteiger partial charge in [-0.3, -0.25) is 14.6 Å². The number of likely N-dealkylation sites (N-methyl/N-ethyl adjacent to an activating group) is 1. The lowest BCUT2D eigenvalue weighted by Crippen LogP contribution is -2.61. The molecule has 3 fully saturated rings. The minimum Gasteiger partial charge on any atom is -0.455 e. The molecular formula is C41H55FN4O11. The number of halogens is 1. The van der Waals surface area contributed by atoms with Gasteiger partial charge in [0.2, 0.25) is 5.76 Å². The van der Waals surface area contributed by atoms with E-state index in [1.807, 2.05) is 17.9 Å². The van der Waals surface area contributed by atoms with Crippen molar-refractivity contribution in [1.82, 2.24) is 20.4 Å². The number of nitrogens with one attached hydrogen (secondary N) is 1. The maximum atomic E-state index is 16.8. The summed E-state index contributed by atoms with van der Waals surface area (Å²) in [6, 6.07) is 5.57. The molecule has 3 aliphatic heterocycles. The van der Waals surface area contributed by atoms with Crippen LogP contribution in [0.25, 0.3) is 11.4 Å². The first kappa shape index (κ1) is 43.8. The van der Waals surface area contributed by atoms with E-state index in [9.17, 15) is 24.3 Å². The molecule has 1 amide bonds. The molecule has 0 aliphatic carbocycles. The Labute approximate surface area is 332 Å². The number of aliphatic hydroxyl groups excluding tert-OH is 1. The van der Waals surface area contributed by atoms with Crippen LogP contribution in [0.5, 0.6) is 0 Å². The first-order valence-electron chi connectivity index (χ1n) is 19.4. The van der Waals surface area contributed by atoms with Crippen molar-refractivity contribution in [2.75, 3.05) is 20.7 Å². The van der Waals surface area contributed by atoms with E-state index < -0.39 is 95.3 Å². The highest BCUT2D eigenvalue weighted by Crippen LogP contribution is 2.41. The number of hydrogen-bond donors (Lipinski definition) is 2. The molecule has 16 heteroatoms.